The van der Waals surface area contributed by atoms with E-state index in [0.29, 0.717) is 17.2 Å². The van der Waals surface area contributed by atoms with Crippen molar-refractivity contribution in [3.8, 4) is 0 Å². The summed E-state index contributed by atoms with van der Waals surface area (Å²) in [5, 5.41) is 7.08. The summed E-state index contributed by atoms with van der Waals surface area (Å²) in [5.41, 5.74) is 3.98. The SMILES string of the molecule is Cc1nn(C)c(C)c1NC(=O)[C@H](C)OC(=O)c1ccc(C2CCCCC2)cc1. The van der Waals surface area contributed by atoms with Crippen molar-refractivity contribution in [3.05, 3.63) is 46.8 Å². The lowest BCUT2D eigenvalue weighted by Gasteiger charge is -2.22. The van der Waals surface area contributed by atoms with Crippen molar-refractivity contribution in [2.45, 2.75) is 64.9 Å². The lowest BCUT2D eigenvalue weighted by molar-refractivity contribution is -0.123. The molecule has 28 heavy (non-hydrogen) atoms. The molecule has 1 N–H and O–H groups in total. The summed E-state index contributed by atoms with van der Waals surface area (Å²) in [5.74, 6) is -0.265. The molecule has 1 saturated carbocycles. The lowest BCUT2D eigenvalue weighted by Crippen LogP contribution is -2.30. The van der Waals surface area contributed by atoms with Gasteiger partial charge in [-0.25, -0.2) is 4.79 Å². The van der Waals surface area contributed by atoms with Crippen LogP contribution in [0.15, 0.2) is 24.3 Å². The maximum atomic E-state index is 12.4. The Bertz CT molecular complexity index is 849. The average molecular weight is 383 g/mol. The highest BCUT2D eigenvalue weighted by Gasteiger charge is 2.22. The molecule has 0 saturated heterocycles. The Hall–Kier alpha value is -2.63. The quantitative estimate of drug-likeness (QED) is 0.783. The smallest absolute Gasteiger partial charge is 0.338 e. The molecule has 1 aliphatic rings. The van der Waals surface area contributed by atoms with E-state index >= 15 is 0 Å². The molecule has 1 aromatic carbocycles. The zero-order valence-corrected chi connectivity index (χ0v) is 17.1. The van der Waals surface area contributed by atoms with Gasteiger partial charge in [0, 0.05) is 7.05 Å². The Balaban J connectivity index is 1.59. The maximum absolute atomic E-state index is 12.4. The van der Waals surface area contributed by atoms with Gasteiger partial charge in [-0.2, -0.15) is 5.10 Å². The highest BCUT2D eigenvalue weighted by Crippen LogP contribution is 2.32. The summed E-state index contributed by atoms with van der Waals surface area (Å²) >= 11 is 0. The summed E-state index contributed by atoms with van der Waals surface area (Å²) in [4.78, 5) is 24.8. The molecule has 1 atom stereocenters. The zero-order valence-electron chi connectivity index (χ0n) is 17.1. The van der Waals surface area contributed by atoms with Gasteiger partial charge in [-0.1, -0.05) is 31.4 Å². The largest absolute Gasteiger partial charge is 0.449 e. The van der Waals surface area contributed by atoms with Crippen LogP contribution in [-0.2, 0) is 16.6 Å². The molecule has 0 bridgehead atoms. The number of hydrogen-bond donors (Lipinski definition) is 1. The first-order valence-corrected chi connectivity index (χ1v) is 9.99. The van der Waals surface area contributed by atoms with Crippen LogP contribution in [0.25, 0.3) is 0 Å². The fourth-order valence-electron chi connectivity index (χ4n) is 3.79. The normalized spacial score (nSPS) is 15.9. The molecule has 0 aliphatic heterocycles. The van der Waals surface area contributed by atoms with Crippen LogP contribution in [0.3, 0.4) is 0 Å². The second-order valence-corrected chi connectivity index (χ2v) is 7.66. The molecule has 3 rings (SSSR count). The number of amides is 1. The first kappa shape index (κ1) is 20.1. The van der Waals surface area contributed by atoms with Gasteiger partial charge >= 0.3 is 5.97 Å². The number of esters is 1. The van der Waals surface area contributed by atoms with E-state index in [-0.39, 0.29) is 5.91 Å². The molecule has 150 valence electrons. The summed E-state index contributed by atoms with van der Waals surface area (Å²) in [6.45, 7) is 5.28. The van der Waals surface area contributed by atoms with Gasteiger partial charge in [0.05, 0.1) is 22.6 Å². The molecule has 0 radical (unpaired) electrons. The fourth-order valence-corrected chi connectivity index (χ4v) is 3.79. The summed E-state index contributed by atoms with van der Waals surface area (Å²) in [7, 11) is 1.82. The van der Waals surface area contributed by atoms with E-state index in [4.69, 9.17) is 4.74 Å². The molecule has 0 unspecified atom stereocenters. The van der Waals surface area contributed by atoms with Crippen LogP contribution in [0, 0.1) is 13.8 Å². The molecule has 1 heterocycles. The molecule has 6 nitrogen and oxygen atoms in total. The molecule has 1 aromatic heterocycles. The van der Waals surface area contributed by atoms with E-state index in [2.05, 4.69) is 10.4 Å². The van der Waals surface area contributed by atoms with Gasteiger partial charge < -0.3 is 10.1 Å². The minimum atomic E-state index is -0.899. The first-order valence-electron chi connectivity index (χ1n) is 9.99. The Labute approximate surface area is 166 Å². The number of ether oxygens (including phenoxy) is 1. The van der Waals surface area contributed by atoms with Crippen LogP contribution >= 0.6 is 0 Å². The van der Waals surface area contributed by atoms with Gasteiger partial charge in [-0.05, 0) is 57.2 Å². The van der Waals surface area contributed by atoms with Gasteiger partial charge in [-0.15, -0.1) is 0 Å². The predicted octanol–water partition coefficient (Wildman–Crippen LogP) is 4.27. The summed E-state index contributed by atoms with van der Waals surface area (Å²) in [6.07, 6.45) is 5.40. The zero-order chi connectivity index (χ0) is 20.3. The van der Waals surface area contributed by atoms with Crippen LogP contribution in [0.4, 0.5) is 5.69 Å². The van der Waals surface area contributed by atoms with E-state index in [1.165, 1.54) is 37.7 Å². The number of carbonyl (C=O) groups is 2. The van der Waals surface area contributed by atoms with E-state index < -0.39 is 12.1 Å². The molecule has 1 fully saturated rings. The van der Waals surface area contributed by atoms with Crippen molar-refractivity contribution in [2.24, 2.45) is 7.05 Å². The van der Waals surface area contributed by atoms with Gasteiger partial charge in [0.2, 0.25) is 0 Å². The van der Waals surface area contributed by atoms with E-state index in [1.807, 2.05) is 33.0 Å². The summed E-state index contributed by atoms with van der Waals surface area (Å²) in [6, 6.07) is 7.62. The van der Waals surface area contributed by atoms with E-state index in [0.717, 1.165) is 11.4 Å². The number of anilines is 1. The number of aromatic nitrogens is 2. The molecule has 0 spiro atoms. The number of hydrogen-bond acceptors (Lipinski definition) is 4. The molecule has 1 amide bonds. The predicted molar refractivity (Wildman–Crippen MR) is 108 cm³/mol. The number of rotatable bonds is 5. The van der Waals surface area contributed by atoms with Crippen molar-refractivity contribution in [2.75, 3.05) is 5.32 Å². The number of carbonyl (C=O) groups excluding carboxylic acids is 2. The topological polar surface area (TPSA) is 73.2 Å². The van der Waals surface area contributed by atoms with Crippen LogP contribution in [-0.4, -0.2) is 27.8 Å². The van der Waals surface area contributed by atoms with Crippen molar-refractivity contribution in [3.63, 3.8) is 0 Å². The summed E-state index contributed by atoms with van der Waals surface area (Å²) < 4.78 is 7.07. The third-order valence-corrected chi connectivity index (χ3v) is 5.63. The number of aryl methyl sites for hydroxylation is 2. The molecule has 6 heteroatoms. The Kier molecular flexibility index (Phi) is 6.17. The Morgan fingerprint density at radius 1 is 1.14 bits per heavy atom. The van der Waals surface area contributed by atoms with Crippen LogP contribution in [0.1, 0.15) is 72.3 Å². The molecule has 2 aromatic rings. The molecular formula is C22H29N3O3. The molecule has 1 aliphatic carbocycles. The third-order valence-electron chi connectivity index (χ3n) is 5.63. The van der Waals surface area contributed by atoms with Gasteiger partial charge in [-0.3, -0.25) is 9.48 Å². The Morgan fingerprint density at radius 2 is 1.79 bits per heavy atom. The van der Waals surface area contributed by atoms with Crippen molar-refractivity contribution in [1.29, 1.82) is 0 Å². The van der Waals surface area contributed by atoms with Crippen LogP contribution < -0.4 is 5.32 Å². The van der Waals surface area contributed by atoms with Crippen molar-refractivity contribution >= 4 is 17.6 Å². The van der Waals surface area contributed by atoms with Gasteiger partial charge in [0.15, 0.2) is 6.10 Å². The van der Waals surface area contributed by atoms with Crippen LogP contribution in [0.5, 0.6) is 0 Å². The average Bonchev–Trinajstić information content (AvgIpc) is 2.94. The van der Waals surface area contributed by atoms with Gasteiger partial charge in [0.25, 0.3) is 5.91 Å². The first-order chi connectivity index (χ1) is 13.4. The number of nitrogens with zero attached hydrogens (tertiary/aromatic N) is 2. The number of benzene rings is 1. The number of nitrogens with one attached hydrogen (secondary N) is 1. The minimum Gasteiger partial charge on any atom is -0.449 e. The second kappa shape index (κ2) is 8.59. The fraction of sp³-hybridized carbons (Fsp3) is 0.500. The Morgan fingerprint density at radius 3 is 2.36 bits per heavy atom. The van der Waals surface area contributed by atoms with E-state index in [9.17, 15) is 9.59 Å². The van der Waals surface area contributed by atoms with Crippen molar-refractivity contribution in [1.82, 2.24) is 9.78 Å². The van der Waals surface area contributed by atoms with E-state index in [1.54, 1.807) is 23.7 Å². The molecular weight excluding hydrogens is 354 g/mol. The minimum absolute atomic E-state index is 0.369. The maximum Gasteiger partial charge on any atom is 0.338 e. The second-order valence-electron chi connectivity index (χ2n) is 7.66. The highest BCUT2D eigenvalue weighted by atomic mass is 16.5. The van der Waals surface area contributed by atoms with Gasteiger partial charge in [0.1, 0.15) is 0 Å². The van der Waals surface area contributed by atoms with Crippen molar-refractivity contribution < 1.29 is 14.3 Å². The highest BCUT2D eigenvalue weighted by molar-refractivity contribution is 5.98. The monoisotopic (exact) mass is 383 g/mol. The van der Waals surface area contributed by atoms with Crippen LogP contribution in [0.2, 0.25) is 0 Å². The third kappa shape index (κ3) is 4.43. The standard InChI is InChI=1S/C22H29N3O3/c1-14-20(15(2)25(4)24-14)23-21(26)16(3)28-22(27)19-12-10-18(11-13-19)17-8-6-5-7-9-17/h10-13,16-17H,5-9H2,1-4H3,(H,23,26)/t16-/m0/s1. The lowest BCUT2D eigenvalue weighted by atomic mass is 9.84.